The van der Waals surface area contributed by atoms with Gasteiger partial charge >= 0.3 is 0 Å². The first-order valence-electron chi connectivity index (χ1n) is 4.78. The van der Waals surface area contributed by atoms with E-state index in [0.717, 1.165) is 25.7 Å². The first kappa shape index (κ1) is 9.52. The Morgan fingerprint density at radius 3 is 2.92 bits per heavy atom. The SMILES string of the molecule is CCC1CC(CCCN)C(=O)N1. The summed E-state index contributed by atoms with van der Waals surface area (Å²) in [5, 5.41) is 2.98. The van der Waals surface area contributed by atoms with E-state index in [1.54, 1.807) is 0 Å². The second-order valence-corrected chi connectivity index (χ2v) is 3.48. The average Bonchev–Trinajstić information content (AvgIpc) is 2.43. The summed E-state index contributed by atoms with van der Waals surface area (Å²) in [6.45, 7) is 2.80. The van der Waals surface area contributed by atoms with E-state index in [0.29, 0.717) is 12.6 Å². The molecule has 1 rings (SSSR count). The molecule has 0 saturated carbocycles. The molecule has 1 aliphatic rings. The predicted molar refractivity (Wildman–Crippen MR) is 48.6 cm³/mol. The summed E-state index contributed by atoms with van der Waals surface area (Å²) in [7, 11) is 0. The molecule has 1 saturated heterocycles. The molecular formula is C9H18N2O. The van der Waals surface area contributed by atoms with Crippen LogP contribution < -0.4 is 11.1 Å². The minimum Gasteiger partial charge on any atom is -0.353 e. The number of carbonyl (C=O) groups excluding carboxylic acids is 1. The van der Waals surface area contributed by atoms with Crippen LogP contribution in [0.3, 0.4) is 0 Å². The molecule has 12 heavy (non-hydrogen) atoms. The Kier molecular flexibility index (Phi) is 3.53. The summed E-state index contributed by atoms with van der Waals surface area (Å²) in [6, 6.07) is 0.417. The van der Waals surface area contributed by atoms with E-state index in [9.17, 15) is 4.79 Å². The highest BCUT2D eigenvalue weighted by Gasteiger charge is 2.29. The fourth-order valence-electron chi connectivity index (χ4n) is 1.71. The van der Waals surface area contributed by atoms with Crippen molar-refractivity contribution in [3.63, 3.8) is 0 Å². The molecular weight excluding hydrogens is 152 g/mol. The lowest BCUT2D eigenvalue weighted by molar-refractivity contribution is -0.122. The van der Waals surface area contributed by atoms with Crippen molar-refractivity contribution in [3.05, 3.63) is 0 Å². The van der Waals surface area contributed by atoms with Gasteiger partial charge < -0.3 is 11.1 Å². The fourth-order valence-corrected chi connectivity index (χ4v) is 1.71. The molecule has 1 amide bonds. The van der Waals surface area contributed by atoms with Gasteiger partial charge in [-0.1, -0.05) is 6.92 Å². The number of rotatable bonds is 4. The highest BCUT2D eigenvalue weighted by Crippen LogP contribution is 2.21. The van der Waals surface area contributed by atoms with E-state index < -0.39 is 0 Å². The lowest BCUT2D eigenvalue weighted by atomic mass is 9.98. The Labute approximate surface area is 73.7 Å². The molecule has 0 aromatic rings. The number of amides is 1. The number of hydrogen-bond donors (Lipinski definition) is 2. The van der Waals surface area contributed by atoms with Crippen molar-refractivity contribution in [3.8, 4) is 0 Å². The molecule has 0 bridgehead atoms. The van der Waals surface area contributed by atoms with Gasteiger partial charge in [-0.3, -0.25) is 4.79 Å². The van der Waals surface area contributed by atoms with Gasteiger partial charge in [0.25, 0.3) is 0 Å². The lowest BCUT2D eigenvalue weighted by Crippen LogP contribution is -2.25. The van der Waals surface area contributed by atoms with Crippen molar-refractivity contribution in [1.29, 1.82) is 0 Å². The fraction of sp³-hybridized carbons (Fsp3) is 0.889. The monoisotopic (exact) mass is 170 g/mol. The molecule has 1 heterocycles. The average molecular weight is 170 g/mol. The Hall–Kier alpha value is -0.570. The maximum atomic E-state index is 11.3. The number of carbonyl (C=O) groups is 1. The van der Waals surface area contributed by atoms with Crippen molar-refractivity contribution in [2.75, 3.05) is 6.54 Å². The van der Waals surface area contributed by atoms with Gasteiger partial charge in [-0.25, -0.2) is 0 Å². The second kappa shape index (κ2) is 4.45. The Morgan fingerprint density at radius 1 is 1.67 bits per heavy atom. The van der Waals surface area contributed by atoms with Crippen molar-refractivity contribution in [2.24, 2.45) is 11.7 Å². The van der Waals surface area contributed by atoms with Crippen LogP contribution >= 0.6 is 0 Å². The molecule has 3 N–H and O–H groups in total. The summed E-state index contributed by atoms with van der Waals surface area (Å²) in [4.78, 5) is 11.3. The molecule has 0 aromatic carbocycles. The third-order valence-corrected chi connectivity index (χ3v) is 2.54. The first-order chi connectivity index (χ1) is 5.77. The van der Waals surface area contributed by atoms with Gasteiger partial charge in [-0.2, -0.15) is 0 Å². The third kappa shape index (κ3) is 2.21. The minimum atomic E-state index is 0.232. The van der Waals surface area contributed by atoms with Crippen LogP contribution in [0.15, 0.2) is 0 Å². The number of hydrogen-bond acceptors (Lipinski definition) is 2. The summed E-state index contributed by atoms with van der Waals surface area (Å²) >= 11 is 0. The van der Waals surface area contributed by atoms with Crippen LogP contribution in [0.2, 0.25) is 0 Å². The van der Waals surface area contributed by atoms with Crippen LogP contribution in [0, 0.1) is 5.92 Å². The first-order valence-corrected chi connectivity index (χ1v) is 4.78. The van der Waals surface area contributed by atoms with E-state index in [2.05, 4.69) is 12.2 Å². The van der Waals surface area contributed by atoms with Crippen LogP contribution in [-0.4, -0.2) is 18.5 Å². The Balaban J connectivity index is 2.31. The summed E-state index contributed by atoms with van der Waals surface area (Å²) < 4.78 is 0. The largest absolute Gasteiger partial charge is 0.353 e. The Bertz CT molecular complexity index is 159. The molecule has 1 aliphatic heterocycles. The quantitative estimate of drug-likeness (QED) is 0.650. The molecule has 0 spiro atoms. The molecule has 0 aliphatic carbocycles. The van der Waals surface area contributed by atoms with Gasteiger partial charge in [0.05, 0.1) is 0 Å². The van der Waals surface area contributed by atoms with Gasteiger partial charge in [-0.15, -0.1) is 0 Å². The molecule has 1 fully saturated rings. The van der Waals surface area contributed by atoms with Crippen LogP contribution in [0.25, 0.3) is 0 Å². The van der Waals surface area contributed by atoms with Gasteiger partial charge in [0.2, 0.25) is 5.91 Å². The van der Waals surface area contributed by atoms with E-state index in [-0.39, 0.29) is 11.8 Å². The van der Waals surface area contributed by atoms with Crippen LogP contribution in [0.1, 0.15) is 32.6 Å². The maximum Gasteiger partial charge on any atom is 0.223 e. The zero-order valence-corrected chi connectivity index (χ0v) is 7.68. The number of nitrogens with two attached hydrogens (primary N) is 1. The van der Waals surface area contributed by atoms with E-state index >= 15 is 0 Å². The maximum absolute atomic E-state index is 11.3. The van der Waals surface area contributed by atoms with Gasteiger partial charge in [0.1, 0.15) is 0 Å². The molecule has 70 valence electrons. The molecule has 2 atom stereocenters. The molecule has 0 aromatic heterocycles. The molecule has 0 radical (unpaired) electrons. The van der Waals surface area contributed by atoms with Crippen LogP contribution in [0.5, 0.6) is 0 Å². The van der Waals surface area contributed by atoms with Crippen molar-refractivity contribution in [2.45, 2.75) is 38.6 Å². The highest BCUT2D eigenvalue weighted by molar-refractivity contribution is 5.81. The van der Waals surface area contributed by atoms with Crippen molar-refractivity contribution >= 4 is 5.91 Å². The van der Waals surface area contributed by atoms with Crippen molar-refractivity contribution < 1.29 is 4.79 Å². The van der Waals surface area contributed by atoms with Crippen LogP contribution in [0.4, 0.5) is 0 Å². The lowest BCUT2D eigenvalue weighted by Gasteiger charge is -2.04. The van der Waals surface area contributed by atoms with E-state index in [1.165, 1.54) is 0 Å². The zero-order valence-electron chi connectivity index (χ0n) is 7.68. The molecule has 2 unspecified atom stereocenters. The second-order valence-electron chi connectivity index (χ2n) is 3.48. The zero-order chi connectivity index (χ0) is 8.97. The normalized spacial score (nSPS) is 29.0. The van der Waals surface area contributed by atoms with E-state index in [1.807, 2.05) is 0 Å². The summed E-state index contributed by atoms with van der Waals surface area (Å²) in [6.07, 6.45) is 3.98. The topological polar surface area (TPSA) is 55.1 Å². The molecule has 3 heteroatoms. The smallest absolute Gasteiger partial charge is 0.223 e. The summed E-state index contributed by atoms with van der Waals surface area (Å²) in [5.74, 6) is 0.466. The Morgan fingerprint density at radius 2 is 2.42 bits per heavy atom. The van der Waals surface area contributed by atoms with E-state index in [4.69, 9.17) is 5.73 Å². The summed E-state index contributed by atoms with van der Waals surface area (Å²) in [5.41, 5.74) is 5.39. The highest BCUT2D eigenvalue weighted by atomic mass is 16.2. The van der Waals surface area contributed by atoms with Crippen molar-refractivity contribution in [1.82, 2.24) is 5.32 Å². The third-order valence-electron chi connectivity index (χ3n) is 2.54. The van der Waals surface area contributed by atoms with Gasteiger partial charge in [0.15, 0.2) is 0 Å². The predicted octanol–water partition coefficient (Wildman–Crippen LogP) is 0.640. The van der Waals surface area contributed by atoms with Gasteiger partial charge in [0, 0.05) is 12.0 Å². The van der Waals surface area contributed by atoms with Crippen LogP contribution in [-0.2, 0) is 4.79 Å². The van der Waals surface area contributed by atoms with Gasteiger partial charge in [-0.05, 0) is 32.2 Å². The number of nitrogens with one attached hydrogen (secondary N) is 1. The molecule has 3 nitrogen and oxygen atoms in total. The minimum absolute atomic E-state index is 0.232. The standard InChI is InChI=1S/C9H18N2O/c1-2-8-6-7(4-3-5-10)9(12)11-8/h7-8H,2-6,10H2,1H3,(H,11,12).